The lowest BCUT2D eigenvalue weighted by atomic mass is 9.85. The Hall–Kier alpha value is -3.19. The standard InChI is InChI=1S/C25H30N4O3/c1-28-14-5-6-19(25(28)18-9-11-20(32-2)12-10-18)16-26-24(31)13-15-29-22-8-4-3-7-21(22)23(30)17-27-29/h3-4,7-12,17,19,25H,5-6,13-16H2,1-2H3,(H,26,31). The number of hydrogen-bond donors (Lipinski definition) is 1. The number of piperidine rings is 1. The molecular weight excluding hydrogens is 404 g/mol. The SMILES string of the molecule is COc1ccc(C2C(CNC(=O)CCn3ncc(=O)c4ccccc43)CCCN2C)cc1. The van der Waals surface area contributed by atoms with Crippen LogP contribution < -0.4 is 15.5 Å². The number of likely N-dealkylation sites (tertiary alicyclic amines) is 1. The third-order valence-corrected chi connectivity index (χ3v) is 6.34. The Kier molecular flexibility index (Phi) is 6.85. The molecule has 0 bridgehead atoms. The maximum atomic E-state index is 12.6. The van der Waals surface area contributed by atoms with Crippen LogP contribution in [0.1, 0.15) is 30.9 Å². The van der Waals surface area contributed by atoms with Gasteiger partial charge >= 0.3 is 0 Å². The summed E-state index contributed by atoms with van der Waals surface area (Å²) in [5, 5.41) is 7.96. The molecule has 1 aliphatic rings. The van der Waals surface area contributed by atoms with E-state index < -0.39 is 0 Å². The molecule has 1 aromatic heterocycles. The lowest BCUT2D eigenvalue weighted by molar-refractivity contribution is -0.121. The van der Waals surface area contributed by atoms with Crippen molar-refractivity contribution in [1.82, 2.24) is 20.0 Å². The Labute approximate surface area is 188 Å². The highest BCUT2D eigenvalue weighted by Gasteiger charge is 2.30. The topological polar surface area (TPSA) is 76.5 Å². The fourth-order valence-corrected chi connectivity index (χ4v) is 4.68. The van der Waals surface area contributed by atoms with Gasteiger partial charge in [0.15, 0.2) is 0 Å². The first-order valence-electron chi connectivity index (χ1n) is 11.1. The number of benzene rings is 2. The van der Waals surface area contributed by atoms with E-state index in [-0.39, 0.29) is 17.4 Å². The number of methoxy groups -OCH3 is 1. The molecule has 168 valence electrons. The summed E-state index contributed by atoms with van der Waals surface area (Å²) in [7, 11) is 3.82. The first-order valence-corrected chi connectivity index (χ1v) is 11.1. The van der Waals surface area contributed by atoms with Gasteiger partial charge in [0, 0.05) is 24.4 Å². The van der Waals surface area contributed by atoms with Crippen molar-refractivity contribution in [2.45, 2.75) is 31.8 Å². The van der Waals surface area contributed by atoms with Gasteiger partial charge in [0.25, 0.3) is 0 Å². The smallest absolute Gasteiger partial charge is 0.221 e. The van der Waals surface area contributed by atoms with Crippen LogP contribution in [0.4, 0.5) is 0 Å². The van der Waals surface area contributed by atoms with E-state index in [1.807, 2.05) is 30.3 Å². The predicted octanol–water partition coefficient (Wildman–Crippen LogP) is 2.99. The zero-order chi connectivity index (χ0) is 22.5. The number of hydrogen-bond acceptors (Lipinski definition) is 5. The van der Waals surface area contributed by atoms with Crippen LogP contribution in [0.5, 0.6) is 5.75 Å². The third kappa shape index (κ3) is 4.83. The van der Waals surface area contributed by atoms with E-state index in [0.717, 1.165) is 30.7 Å². The summed E-state index contributed by atoms with van der Waals surface area (Å²) in [6.07, 6.45) is 3.83. The Bertz CT molecular complexity index is 1130. The van der Waals surface area contributed by atoms with Crippen molar-refractivity contribution in [3.05, 3.63) is 70.5 Å². The van der Waals surface area contributed by atoms with Gasteiger partial charge in [-0.2, -0.15) is 5.10 Å². The van der Waals surface area contributed by atoms with Gasteiger partial charge in [-0.1, -0.05) is 24.3 Å². The van der Waals surface area contributed by atoms with Crippen LogP contribution in [-0.2, 0) is 11.3 Å². The van der Waals surface area contributed by atoms with Gasteiger partial charge < -0.3 is 10.1 Å². The van der Waals surface area contributed by atoms with Crippen LogP contribution in [0.25, 0.3) is 10.9 Å². The van der Waals surface area contributed by atoms with E-state index in [2.05, 4.69) is 34.5 Å². The molecule has 2 unspecified atom stereocenters. The summed E-state index contributed by atoms with van der Waals surface area (Å²) in [5.74, 6) is 1.19. The van der Waals surface area contributed by atoms with Crippen molar-refractivity contribution in [2.75, 3.05) is 27.2 Å². The molecule has 3 aromatic rings. The Morgan fingerprint density at radius 2 is 1.97 bits per heavy atom. The van der Waals surface area contributed by atoms with Crippen LogP contribution in [0, 0.1) is 5.92 Å². The molecule has 0 spiro atoms. The summed E-state index contributed by atoms with van der Waals surface area (Å²) >= 11 is 0. The monoisotopic (exact) mass is 434 g/mol. The second-order valence-corrected chi connectivity index (χ2v) is 8.40. The molecule has 2 aromatic carbocycles. The molecule has 2 atom stereocenters. The van der Waals surface area contributed by atoms with Gasteiger partial charge in [0.05, 0.1) is 25.4 Å². The number of carbonyl (C=O) groups is 1. The van der Waals surface area contributed by atoms with E-state index >= 15 is 0 Å². The second-order valence-electron chi connectivity index (χ2n) is 8.40. The normalized spacial score (nSPS) is 19.1. The number of nitrogens with one attached hydrogen (secondary N) is 1. The van der Waals surface area contributed by atoms with E-state index in [9.17, 15) is 9.59 Å². The summed E-state index contributed by atoms with van der Waals surface area (Å²) in [6, 6.07) is 15.8. The number of ether oxygens (including phenoxy) is 1. The lowest BCUT2D eigenvalue weighted by Crippen LogP contribution is -2.41. The van der Waals surface area contributed by atoms with Gasteiger partial charge in [-0.25, -0.2) is 0 Å². The zero-order valence-corrected chi connectivity index (χ0v) is 18.7. The third-order valence-electron chi connectivity index (χ3n) is 6.34. The molecule has 0 radical (unpaired) electrons. The summed E-state index contributed by atoms with van der Waals surface area (Å²) in [5.41, 5.74) is 1.89. The fraction of sp³-hybridized carbons (Fsp3) is 0.400. The van der Waals surface area contributed by atoms with Crippen molar-refractivity contribution in [3.63, 3.8) is 0 Å². The first kappa shape index (κ1) is 22.0. The van der Waals surface area contributed by atoms with E-state index in [1.54, 1.807) is 17.9 Å². The van der Waals surface area contributed by atoms with Gasteiger partial charge in [0.2, 0.25) is 11.3 Å². The fourth-order valence-electron chi connectivity index (χ4n) is 4.68. The Morgan fingerprint density at radius 1 is 1.19 bits per heavy atom. The lowest BCUT2D eigenvalue weighted by Gasteiger charge is -2.39. The number of aryl methyl sites for hydroxylation is 1. The average Bonchev–Trinajstić information content (AvgIpc) is 2.82. The summed E-state index contributed by atoms with van der Waals surface area (Å²) < 4.78 is 7.02. The molecule has 1 amide bonds. The number of carbonyl (C=O) groups excluding carboxylic acids is 1. The highest BCUT2D eigenvalue weighted by molar-refractivity contribution is 5.79. The number of nitrogens with zero attached hydrogens (tertiary/aromatic N) is 3. The van der Waals surface area contributed by atoms with Gasteiger partial charge in [-0.3, -0.25) is 19.2 Å². The van der Waals surface area contributed by atoms with E-state index in [1.165, 1.54) is 11.8 Å². The highest BCUT2D eigenvalue weighted by Crippen LogP contribution is 2.35. The first-order chi connectivity index (χ1) is 15.6. The van der Waals surface area contributed by atoms with Crippen molar-refractivity contribution in [1.29, 1.82) is 0 Å². The molecule has 0 saturated carbocycles. The molecule has 32 heavy (non-hydrogen) atoms. The predicted molar refractivity (Wildman–Crippen MR) is 125 cm³/mol. The minimum atomic E-state index is -0.104. The van der Waals surface area contributed by atoms with Crippen LogP contribution in [-0.4, -0.2) is 47.8 Å². The molecule has 1 saturated heterocycles. The Balaban J connectivity index is 1.38. The summed E-state index contributed by atoms with van der Waals surface area (Å²) in [4.78, 5) is 27.0. The number of fused-ring (bicyclic) bond motifs is 1. The molecule has 1 fully saturated rings. The maximum Gasteiger partial charge on any atom is 0.221 e. The minimum absolute atomic E-state index is 0.00344. The molecule has 1 N–H and O–H groups in total. The maximum absolute atomic E-state index is 12.6. The summed E-state index contributed by atoms with van der Waals surface area (Å²) in [6.45, 7) is 2.11. The highest BCUT2D eigenvalue weighted by atomic mass is 16.5. The zero-order valence-electron chi connectivity index (χ0n) is 18.7. The van der Waals surface area contributed by atoms with Gasteiger partial charge in [-0.05, 0) is 62.2 Å². The van der Waals surface area contributed by atoms with Crippen LogP contribution in [0.3, 0.4) is 0 Å². The van der Waals surface area contributed by atoms with Crippen LogP contribution in [0.2, 0.25) is 0 Å². The molecule has 0 aliphatic carbocycles. The molecular formula is C25H30N4O3. The minimum Gasteiger partial charge on any atom is -0.497 e. The van der Waals surface area contributed by atoms with E-state index in [4.69, 9.17) is 4.74 Å². The van der Waals surface area contributed by atoms with Crippen molar-refractivity contribution in [2.24, 2.45) is 5.92 Å². The molecule has 1 aliphatic heterocycles. The van der Waals surface area contributed by atoms with Gasteiger partial charge in [-0.15, -0.1) is 0 Å². The quantitative estimate of drug-likeness (QED) is 0.619. The van der Waals surface area contributed by atoms with Crippen molar-refractivity contribution in [3.8, 4) is 5.75 Å². The van der Waals surface area contributed by atoms with Crippen molar-refractivity contribution >= 4 is 16.8 Å². The molecule has 2 heterocycles. The molecule has 7 heteroatoms. The van der Waals surface area contributed by atoms with Crippen LogP contribution >= 0.6 is 0 Å². The Morgan fingerprint density at radius 3 is 2.75 bits per heavy atom. The number of amides is 1. The van der Waals surface area contributed by atoms with Crippen LogP contribution in [0.15, 0.2) is 59.5 Å². The van der Waals surface area contributed by atoms with E-state index in [0.29, 0.717) is 30.8 Å². The number of rotatable bonds is 7. The largest absolute Gasteiger partial charge is 0.497 e. The molecule has 4 rings (SSSR count). The van der Waals surface area contributed by atoms with Gasteiger partial charge in [0.1, 0.15) is 5.75 Å². The second kappa shape index (κ2) is 9.96. The number of para-hydroxylation sites is 1. The number of aromatic nitrogens is 2. The average molecular weight is 435 g/mol. The molecule has 7 nitrogen and oxygen atoms in total. The van der Waals surface area contributed by atoms with Crippen molar-refractivity contribution < 1.29 is 9.53 Å².